The molecule has 314 valence electrons. The van der Waals surface area contributed by atoms with Crippen LogP contribution in [0.2, 0.25) is 0 Å². The van der Waals surface area contributed by atoms with Crippen LogP contribution < -0.4 is 53.2 Å². The van der Waals surface area contributed by atoms with Crippen molar-refractivity contribution in [3.8, 4) is 0 Å². The van der Waals surface area contributed by atoms with E-state index < -0.39 is 31.2 Å². The van der Waals surface area contributed by atoms with Crippen LogP contribution in [0.3, 0.4) is 0 Å². The first kappa shape index (κ1) is 44.1. The Bertz CT molecular complexity index is 2670. The van der Waals surface area contributed by atoms with Gasteiger partial charge in [0, 0.05) is 31.2 Å². The fourth-order valence-electron chi connectivity index (χ4n) is 6.56. The SMILES string of the molecule is C.C=c1nc2c(c(=O)[nH]1)=Nc1cc(C)c(C)cc1N2CC(=O)NCCP(=O)(O)O.C=c1nc2c(c(=O)[nH]1)=Nc1cc(C)c(NC3CC3)cc1N2CCCCCCC(=O)O. The summed E-state index contributed by atoms with van der Waals surface area (Å²) < 4.78 is 10.9. The molecule has 0 unspecified atom stereocenters. The third-order valence-electron chi connectivity index (χ3n) is 9.81. The Hall–Kier alpha value is -5.97. The highest BCUT2D eigenvalue weighted by atomic mass is 31.2. The first-order valence-corrected chi connectivity index (χ1v) is 20.7. The standard InChI is InChI=1S/C22H27N5O3.C17H20N5O5P.CH4/c1-13-11-17-18(12-16(13)25-15-8-9-15)27(10-6-4-3-5-7-19(28)29)21-20(26-17)22(30)24-14(2)23-21;1-9-6-12-13(7-10(9)2)22(8-14(23)18-4-5-28(25,26)27)16-15(21-12)17(24)20-11(3)19-16;/h11-12,15,25H,2-10H2,1H3,(H,24,30)(H,28,29);6-7H,3-5,8H2,1-2H3,(H,18,23)(H,20,24)(H2,25,26,27);1H4. The van der Waals surface area contributed by atoms with Crippen LogP contribution in [0.5, 0.6) is 0 Å². The quantitative estimate of drug-likeness (QED) is 0.0714. The smallest absolute Gasteiger partial charge is 0.327 e. The number of anilines is 5. The van der Waals surface area contributed by atoms with Crippen molar-refractivity contribution in [1.29, 1.82) is 0 Å². The number of hydrogen-bond donors (Lipinski definition) is 7. The number of carboxylic acid groups (broad SMARTS) is 1. The molecular formula is C40H51N10O8P. The summed E-state index contributed by atoms with van der Waals surface area (Å²) in [5.74, 6) is -0.496. The van der Waals surface area contributed by atoms with E-state index in [4.69, 9.17) is 14.9 Å². The van der Waals surface area contributed by atoms with Crippen molar-refractivity contribution in [3.05, 3.63) is 83.3 Å². The zero-order chi connectivity index (χ0) is 41.9. The summed E-state index contributed by atoms with van der Waals surface area (Å²) in [6, 6.07) is 8.33. The summed E-state index contributed by atoms with van der Waals surface area (Å²) in [6.45, 7) is 13.6. The fraction of sp³-hybridized carbons (Fsp3) is 0.400. The van der Waals surface area contributed by atoms with Crippen molar-refractivity contribution in [2.45, 2.75) is 79.2 Å². The molecule has 0 atom stereocenters. The Morgan fingerprint density at radius 3 is 1.95 bits per heavy atom. The highest BCUT2D eigenvalue weighted by Gasteiger charge is 2.28. The molecule has 19 heteroatoms. The number of aliphatic carboxylic acids is 1. The highest BCUT2D eigenvalue weighted by molar-refractivity contribution is 7.51. The monoisotopic (exact) mass is 830 g/mol. The molecule has 4 aromatic rings. The Balaban J connectivity index is 0.000000221. The molecule has 0 radical (unpaired) electrons. The van der Waals surface area contributed by atoms with E-state index in [9.17, 15) is 23.7 Å². The van der Waals surface area contributed by atoms with Crippen molar-refractivity contribution in [2.24, 2.45) is 9.98 Å². The van der Waals surface area contributed by atoms with Crippen LogP contribution in [0.25, 0.3) is 13.2 Å². The second kappa shape index (κ2) is 18.3. The second-order valence-electron chi connectivity index (χ2n) is 14.6. The summed E-state index contributed by atoms with van der Waals surface area (Å²) in [6.07, 6.45) is 5.41. The molecule has 3 aliphatic rings. The molecule has 7 N–H and O–H groups in total. The lowest BCUT2D eigenvalue weighted by atomic mass is 10.1. The van der Waals surface area contributed by atoms with E-state index in [0.29, 0.717) is 47.0 Å². The average Bonchev–Trinajstić information content (AvgIpc) is 3.95. The largest absolute Gasteiger partial charge is 0.481 e. The molecule has 2 aromatic carbocycles. The molecule has 1 fully saturated rings. The molecule has 18 nitrogen and oxygen atoms in total. The van der Waals surface area contributed by atoms with Gasteiger partial charge in [-0.15, -0.1) is 0 Å². The predicted octanol–water partition coefficient (Wildman–Crippen LogP) is 2.63. The van der Waals surface area contributed by atoms with Crippen molar-refractivity contribution in [3.63, 3.8) is 0 Å². The summed E-state index contributed by atoms with van der Waals surface area (Å²) in [5.41, 5.74) is 6.66. The average molecular weight is 831 g/mol. The molecule has 0 spiro atoms. The van der Waals surface area contributed by atoms with E-state index in [1.807, 2.05) is 39.0 Å². The van der Waals surface area contributed by atoms with E-state index in [0.717, 1.165) is 53.0 Å². The molecular weight excluding hydrogens is 779 g/mol. The van der Waals surface area contributed by atoms with Crippen molar-refractivity contribution in [1.82, 2.24) is 25.3 Å². The molecule has 0 bridgehead atoms. The number of H-pyrrole nitrogens is 2. The maximum absolute atomic E-state index is 12.5. The molecule has 59 heavy (non-hydrogen) atoms. The number of hydrogen-bond acceptors (Lipinski definition) is 12. The van der Waals surface area contributed by atoms with Gasteiger partial charge in [-0.1, -0.05) is 33.4 Å². The van der Waals surface area contributed by atoms with Gasteiger partial charge in [0.25, 0.3) is 11.1 Å². The third-order valence-corrected chi connectivity index (χ3v) is 10.6. The van der Waals surface area contributed by atoms with Gasteiger partial charge in [-0.3, -0.25) is 23.7 Å². The number of unbranched alkanes of at least 4 members (excludes halogenated alkanes) is 3. The lowest BCUT2D eigenvalue weighted by Gasteiger charge is -2.29. The minimum atomic E-state index is -4.21. The van der Waals surface area contributed by atoms with Crippen LogP contribution in [-0.2, 0) is 14.2 Å². The molecule has 7 rings (SSSR count). The topological polar surface area (TPSA) is 259 Å². The molecule has 0 saturated heterocycles. The normalized spacial score (nSPS) is 13.5. The van der Waals surface area contributed by atoms with Gasteiger partial charge in [0.2, 0.25) is 5.91 Å². The van der Waals surface area contributed by atoms with Gasteiger partial charge in [-0.2, -0.15) is 0 Å². The molecule has 2 aliphatic heterocycles. The number of rotatable bonds is 14. The minimum Gasteiger partial charge on any atom is -0.481 e. The second-order valence-corrected chi connectivity index (χ2v) is 16.4. The van der Waals surface area contributed by atoms with Gasteiger partial charge in [-0.05, 0) is 87.4 Å². The van der Waals surface area contributed by atoms with Gasteiger partial charge in [-0.25, -0.2) is 20.0 Å². The molecule has 4 heterocycles. The molecule has 2 aromatic heterocycles. The first-order valence-electron chi connectivity index (χ1n) is 18.9. The number of aromatic amines is 2. The number of nitrogens with one attached hydrogen (secondary N) is 4. The Kier molecular flexibility index (Phi) is 13.7. The van der Waals surface area contributed by atoms with Crippen LogP contribution in [0.15, 0.2) is 43.8 Å². The van der Waals surface area contributed by atoms with Gasteiger partial charge < -0.3 is 45.3 Å². The summed E-state index contributed by atoms with van der Waals surface area (Å²) in [5, 5.41) is 15.2. The lowest BCUT2D eigenvalue weighted by Crippen LogP contribution is -2.45. The zero-order valence-corrected chi connectivity index (χ0v) is 33.5. The van der Waals surface area contributed by atoms with E-state index >= 15 is 0 Å². The Labute approximate surface area is 339 Å². The lowest BCUT2D eigenvalue weighted by molar-refractivity contribution is -0.137. The number of carboxylic acids is 1. The number of carbonyl (C=O) groups is 2. The number of aromatic nitrogens is 4. The number of fused-ring (bicyclic) bond motifs is 4. The summed E-state index contributed by atoms with van der Waals surface area (Å²) >= 11 is 0. The molecule has 1 aliphatic carbocycles. The van der Waals surface area contributed by atoms with Crippen molar-refractivity contribution >= 4 is 72.7 Å². The van der Waals surface area contributed by atoms with Crippen LogP contribution in [0, 0.1) is 20.8 Å². The highest BCUT2D eigenvalue weighted by Crippen LogP contribution is 2.40. The van der Waals surface area contributed by atoms with E-state index in [1.165, 1.54) is 12.8 Å². The summed E-state index contributed by atoms with van der Waals surface area (Å²) in [7, 11) is -4.21. The number of nitrogens with zero attached hydrogens (tertiary/aromatic N) is 6. The van der Waals surface area contributed by atoms with Gasteiger partial charge in [0.1, 0.15) is 17.5 Å². The number of benzene rings is 2. The Morgan fingerprint density at radius 2 is 1.37 bits per heavy atom. The summed E-state index contributed by atoms with van der Waals surface area (Å²) in [4.78, 5) is 92.2. The number of amides is 1. The number of aryl methyl sites for hydroxylation is 3. The van der Waals surface area contributed by atoms with Gasteiger partial charge >= 0.3 is 13.6 Å². The van der Waals surface area contributed by atoms with E-state index in [1.54, 1.807) is 4.90 Å². The molecule has 1 saturated carbocycles. The van der Waals surface area contributed by atoms with Crippen LogP contribution in [0.1, 0.15) is 69.1 Å². The van der Waals surface area contributed by atoms with E-state index in [2.05, 4.69) is 64.7 Å². The molecule has 1 amide bonds. The third kappa shape index (κ3) is 11.0. The van der Waals surface area contributed by atoms with Gasteiger partial charge in [0.15, 0.2) is 22.4 Å². The van der Waals surface area contributed by atoms with E-state index in [-0.39, 0.29) is 49.2 Å². The van der Waals surface area contributed by atoms with Gasteiger partial charge in [0.05, 0.1) is 28.9 Å². The van der Waals surface area contributed by atoms with Crippen molar-refractivity contribution < 1.29 is 29.0 Å². The maximum atomic E-state index is 12.5. The zero-order valence-electron chi connectivity index (χ0n) is 32.6. The fourth-order valence-corrected chi connectivity index (χ4v) is 6.96. The van der Waals surface area contributed by atoms with Crippen molar-refractivity contribution in [2.75, 3.05) is 40.9 Å². The minimum absolute atomic E-state index is 0. The maximum Gasteiger partial charge on any atom is 0.327 e. The Morgan fingerprint density at radius 1 is 0.831 bits per heavy atom. The number of carbonyl (C=O) groups excluding carboxylic acids is 1. The van der Waals surface area contributed by atoms with Crippen LogP contribution in [-0.4, -0.2) is 78.5 Å². The van der Waals surface area contributed by atoms with Crippen LogP contribution >= 0.6 is 7.60 Å². The first-order chi connectivity index (χ1) is 27.5. The van der Waals surface area contributed by atoms with Crippen LogP contribution in [0.4, 0.5) is 40.1 Å². The predicted molar refractivity (Wildman–Crippen MR) is 227 cm³/mol.